The largest absolute Gasteiger partial charge is 0.477 e. The van der Waals surface area contributed by atoms with E-state index in [1.807, 2.05) is 0 Å². The van der Waals surface area contributed by atoms with Gasteiger partial charge in [-0.1, -0.05) is 0 Å². The number of H-pyrrole nitrogens is 1. The molecule has 2 aromatic rings. The molecule has 0 spiro atoms. The van der Waals surface area contributed by atoms with Gasteiger partial charge in [0, 0.05) is 18.6 Å². The molecule has 17 heavy (non-hydrogen) atoms. The van der Waals surface area contributed by atoms with Crippen LogP contribution in [0.15, 0.2) is 11.0 Å². The summed E-state index contributed by atoms with van der Waals surface area (Å²) in [6, 6.07) is 0. The Bertz CT molecular complexity index is 641. The fourth-order valence-corrected chi connectivity index (χ4v) is 1.76. The van der Waals surface area contributed by atoms with Crippen LogP contribution < -0.4 is 5.56 Å². The quantitative estimate of drug-likeness (QED) is 0.671. The number of carbonyl (C=O) groups is 1. The zero-order valence-corrected chi connectivity index (χ0v) is 9.10. The number of aryl methyl sites for hydroxylation is 1. The first-order chi connectivity index (χ1) is 8.06. The number of aromatic carboxylic acids is 1. The van der Waals surface area contributed by atoms with Crippen molar-refractivity contribution < 1.29 is 15.0 Å². The van der Waals surface area contributed by atoms with Crippen LogP contribution in [0.2, 0.25) is 0 Å². The molecule has 90 valence electrons. The van der Waals surface area contributed by atoms with Crippen LogP contribution in [-0.4, -0.2) is 37.4 Å². The van der Waals surface area contributed by atoms with Crippen molar-refractivity contribution in [3.8, 4) is 0 Å². The lowest BCUT2D eigenvalue weighted by molar-refractivity contribution is 0.0698. The number of hydrogen-bond acceptors (Lipinski definition) is 4. The highest BCUT2D eigenvalue weighted by Gasteiger charge is 2.16. The first-order valence-electron chi connectivity index (χ1n) is 5.00. The summed E-state index contributed by atoms with van der Waals surface area (Å²) in [6.45, 7) is 1.51. The molecular weight excluding hydrogens is 226 g/mol. The van der Waals surface area contributed by atoms with Gasteiger partial charge in [0.15, 0.2) is 5.65 Å². The summed E-state index contributed by atoms with van der Waals surface area (Å²) in [5.74, 6) is -1.15. The molecule has 0 unspecified atom stereocenters. The number of aromatic amines is 1. The van der Waals surface area contributed by atoms with Crippen LogP contribution in [0, 0.1) is 6.92 Å². The Labute approximate surface area is 95.3 Å². The molecule has 0 aliphatic rings. The summed E-state index contributed by atoms with van der Waals surface area (Å²) < 4.78 is 1.36. The third-order valence-electron chi connectivity index (χ3n) is 2.62. The number of aromatic nitrogens is 3. The zero-order valence-electron chi connectivity index (χ0n) is 9.10. The van der Waals surface area contributed by atoms with Crippen LogP contribution in [0.1, 0.15) is 21.6 Å². The summed E-state index contributed by atoms with van der Waals surface area (Å²) in [5, 5.41) is 21.7. The molecule has 0 fully saturated rings. The highest BCUT2D eigenvalue weighted by Crippen LogP contribution is 2.10. The fraction of sp³-hybridized carbons (Fsp3) is 0.300. The van der Waals surface area contributed by atoms with Gasteiger partial charge in [-0.15, -0.1) is 0 Å². The molecule has 7 nitrogen and oxygen atoms in total. The fourth-order valence-electron chi connectivity index (χ4n) is 1.76. The molecule has 2 aromatic heterocycles. The predicted molar refractivity (Wildman–Crippen MR) is 58.3 cm³/mol. The average Bonchev–Trinajstić information content (AvgIpc) is 2.68. The number of carboxylic acids is 1. The van der Waals surface area contributed by atoms with Crippen molar-refractivity contribution in [3.05, 3.63) is 33.4 Å². The normalized spacial score (nSPS) is 10.9. The minimum atomic E-state index is -1.15. The lowest BCUT2D eigenvalue weighted by Gasteiger charge is -2.05. The van der Waals surface area contributed by atoms with E-state index in [0.29, 0.717) is 11.3 Å². The second-order valence-electron chi connectivity index (χ2n) is 3.62. The Morgan fingerprint density at radius 3 is 2.88 bits per heavy atom. The van der Waals surface area contributed by atoms with Gasteiger partial charge in [-0.3, -0.25) is 4.79 Å². The molecule has 2 heterocycles. The number of carboxylic acid groups (broad SMARTS) is 1. The van der Waals surface area contributed by atoms with E-state index in [1.165, 1.54) is 10.7 Å². The number of rotatable bonds is 3. The number of nitrogens with one attached hydrogen (secondary N) is 1. The molecule has 0 saturated carbocycles. The van der Waals surface area contributed by atoms with Gasteiger partial charge >= 0.3 is 5.97 Å². The lowest BCUT2D eigenvalue weighted by atomic mass is 10.2. The molecule has 3 N–H and O–H groups in total. The van der Waals surface area contributed by atoms with E-state index in [9.17, 15) is 9.59 Å². The Balaban J connectivity index is 2.78. The van der Waals surface area contributed by atoms with E-state index in [1.54, 1.807) is 6.92 Å². The molecule has 2 rings (SSSR count). The number of nitrogens with zero attached hydrogens (tertiary/aromatic N) is 2. The summed E-state index contributed by atoms with van der Waals surface area (Å²) in [5.41, 5.74) is 0.639. The van der Waals surface area contributed by atoms with Gasteiger partial charge in [0.05, 0.1) is 11.9 Å². The van der Waals surface area contributed by atoms with E-state index in [-0.39, 0.29) is 24.2 Å². The first kappa shape index (κ1) is 11.3. The van der Waals surface area contributed by atoms with Gasteiger partial charge in [-0.05, 0) is 6.92 Å². The van der Waals surface area contributed by atoms with Gasteiger partial charge in [0.1, 0.15) is 5.56 Å². The van der Waals surface area contributed by atoms with Crippen molar-refractivity contribution in [2.24, 2.45) is 0 Å². The van der Waals surface area contributed by atoms with Crippen molar-refractivity contribution in [1.29, 1.82) is 0 Å². The number of aliphatic hydroxyl groups is 1. The van der Waals surface area contributed by atoms with Crippen molar-refractivity contribution in [1.82, 2.24) is 14.6 Å². The number of aliphatic hydroxyl groups excluding tert-OH is 1. The summed E-state index contributed by atoms with van der Waals surface area (Å²) >= 11 is 0. The Hall–Kier alpha value is -2.15. The van der Waals surface area contributed by atoms with Crippen LogP contribution in [0.5, 0.6) is 0 Å². The van der Waals surface area contributed by atoms with E-state index in [2.05, 4.69) is 10.1 Å². The molecule has 0 aliphatic heterocycles. The molecule has 0 radical (unpaired) electrons. The van der Waals surface area contributed by atoms with Crippen molar-refractivity contribution >= 4 is 11.6 Å². The second kappa shape index (κ2) is 4.02. The maximum Gasteiger partial charge on any atom is 0.341 e. The molecule has 7 heteroatoms. The summed E-state index contributed by atoms with van der Waals surface area (Å²) in [4.78, 5) is 25.1. The monoisotopic (exact) mass is 237 g/mol. The van der Waals surface area contributed by atoms with Crippen LogP contribution in [0.25, 0.3) is 5.65 Å². The van der Waals surface area contributed by atoms with Crippen molar-refractivity contribution in [3.63, 3.8) is 0 Å². The van der Waals surface area contributed by atoms with Gasteiger partial charge in [-0.2, -0.15) is 5.10 Å². The van der Waals surface area contributed by atoms with E-state index >= 15 is 0 Å². The molecule has 0 saturated heterocycles. The Morgan fingerprint density at radius 1 is 1.59 bits per heavy atom. The van der Waals surface area contributed by atoms with Gasteiger partial charge in [-0.25, -0.2) is 9.31 Å². The molecule has 0 bridgehead atoms. The summed E-state index contributed by atoms with van der Waals surface area (Å²) in [7, 11) is 0. The Kier molecular flexibility index (Phi) is 2.68. The first-order valence-corrected chi connectivity index (χ1v) is 5.00. The smallest absolute Gasteiger partial charge is 0.341 e. The minimum absolute atomic E-state index is 0.0549. The standard InChI is InChI=1S/C10H11N3O4/c1-5-6(2-3-14)9(15)12-8-7(10(16)17)4-11-13(5)8/h4,14H,2-3H2,1H3,(H,12,15)(H,16,17). The van der Waals surface area contributed by atoms with Crippen LogP contribution in [0.4, 0.5) is 0 Å². The molecule has 0 atom stereocenters. The van der Waals surface area contributed by atoms with Gasteiger partial charge in [0.25, 0.3) is 5.56 Å². The lowest BCUT2D eigenvalue weighted by Crippen LogP contribution is -2.20. The number of fused-ring (bicyclic) bond motifs is 1. The predicted octanol–water partition coefficient (Wildman–Crippen LogP) is -0.436. The summed E-state index contributed by atoms with van der Waals surface area (Å²) in [6.07, 6.45) is 1.39. The maximum atomic E-state index is 11.7. The van der Waals surface area contributed by atoms with Gasteiger partial charge in [0.2, 0.25) is 0 Å². The van der Waals surface area contributed by atoms with Crippen LogP contribution in [0.3, 0.4) is 0 Å². The highest BCUT2D eigenvalue weighted by atomic mass is 16.4. The van der Waals surface area contributed by atoms with Gasteiger partial charge < -0.3 is 15.2 Å². The molecule has 0 aliphatic carbocycles. The molecular formula is C10H11N3O4. The van der Waals surface area contributed by atoms with Crippen LogP contribution in [-0.2, 0) is 6.42 Å². The zero-order chi connectivity index (χ0) is 12.6. The second-order valence-corrected chi connectivity index (χ2v) is 3.62. The molecule has 0 amide bonds. The minimum Gasteiger partial charge on any atom is -0.477 e. The van der Waals surface area contributed by atoms with E-state index in [0.717, 1.165) is 0 Å². The van der Waals surface area contributed by atoms with Crippen LogP contribution >= 0.6 is 0 Å². The SMILES string of the molecule is Cc1c(CCO)c(=O)[nH]c2c(C(=O)O)cnn12. The highest BCUT2D eigenvalue weighted by molar-refractivity contribution is 5.94. The van der Waals surface area contributed by atoms with Crippen molar-refractivity contribution in [2.45, 2.75) is 13.3 Å². The topological polar surface area (TPSA) is 108 Å². The van der Waals surface area contributed by atoms with E-state index < -0.39 is 11.5 Å². The Morgan fingerprint density at radius 2 is 2.29 bits per heavy atom. The third kappa shape index (κ3) is 1.70. The van der Waals surface area contributed by atoms with E-state index in [4.69, 9.17) is 10.2 Å². The van der Waals surface area contributed by atoms with Crippen molar-refractivity contribution in [2.75, 3.05) is 6.61 Å². The number of hydrogen-bond donors (Lipinski definition) is 3. The third-order valence-corrected chi connectivity index (χ3v) is 2.62. The molecule has 0 aromatic carbocycles. The average molecular weight is 237 g/mol. The maximum absolute atomic E-state index is 11.7.